The van der Waals surface area contributed by atoms with Gasteiger partial charge in [-0.15, -0.1) is 0 Å². The predicted octanol–water partition coefficient (Wildman–Crippen LogP) is 2.73. The molecule has 0 aromatic heterocycles. The van der Waals surface area contributed by atoms with Gasteiger partial charge in [0.15, 0.2) is 0 Å². The maximum atomic E-state index is 5.81. The number of hydrogen-bond acceptors (Lipinski definition) is 4. The quantitative estimate of drug-likeness (QED) is 0.395. The van der Waals surface area contributed by atoms with E-state index in [4.69, 9.17) is 19.0 Å². The van der Waals surface area contributed by atoms with E-state index in [-0.39, 0.29) is 0 Å². The molecule has 0 heterocycles. The Labute approximate surface area is 121 Å². The third-order valence-corrected chi connectivity index (χ3v) is 4.55. The van der Waals surface area contributed by atoms with Crippen LogP contribution in [0.3, 0.4) is 0 Å². The van der Waals surface area contributed by atoms with Gasteiger partial charge in [0.25, 0.3) is 0 Å². The van der Waals surface area contributed by atoms with E-state index in [1.54, 1.807) is 0 Å². The van der Waals surface area contributed by atoms with Gasteiger partial charge in [0.2, 0.25) is 0 Å². The van der Waals surface area contributed by atoms with Crippen molar-refractivity contribution >= 4 is 9.53 Å². The van der Waals surface area contributed by atoms with Crippen LogP contribution in [0.25, 0.3) is 0 Å². The third-order valence-electron chi connectivity index (χ3n) is 3.03. The zero-order valence-corrected chi connectivity index (χ0v) is 14.2. The van der Waals surface area contributed by atoms with Gasteiger partial charge in [-0.3, -0.25) is 0 Å². The van der Waals surface area contributed by atoms with E-state index in [0.29, 0.717) is 5.92 Å². The molecule has 1 atom stereocenters. The SMILES string of the molecule is CCCCO[SiH](OCCCC)OCCC(C)CCN. The molecule has 0 spiro atoms. The van der Waals surface area contributed by atoms with E-state index in [9.17, 15) is 0 Å². The highest BCUT2D eigenvalue weighted by molar-refractivity contribution is 6.36. The van der Waals surface area contributed by atoms with Crippen LogP contribution in [0.2, 0.25) is 0 Å². The van der Waals surface area contributed by atoms with Crippen molar-refractivity contribution < 1.29 is 13.3 Å². The van der Waals surface area contributed by atoms with Gasteiger partial charge < -0.3 is 19.0 Å². The molecular weight excluding hydrogens is 258 g/mol. The number of rotatable bonds is 14. The van der Waals surface area contributed by atoms with E-state index in [2.05, 4.69) is 20.8 Å². The Bertz CT molecular complexity index is 174. The first kappa shape index (κ1) is 19.1. The number of hydrogen-bond donors (Lipinski definition) is 1. The normalized spacial score (nSPS) is 13.1. The molecule has 0 amide bonds. The van der Waals surface area contributed by atoms with Crippen LogP contribution in [0, 0.1) is 5.92 Å². The molecule has 0 radical (unpaired) electrons. The van der Waals surface area contributed by atoms with Crippen molar-refractivity contribution in [3.8, 4) is 0 Å². The maximum Gasteiger partial charge on any atom is 0.484 e. The smallest absolute Gasteiger partial charge is 0.376 e. The molecule has 0 fully saturated rings. The lowest BCUT2D eigenvalue weighted by atomic mass is 10.1. The fraction of sp³-hybridized carbons (Fsp3) is 1.00. The lowest BCUT2D eigenvalue weighted by Gasteiger charge is -2.18. The van der Waals surface area contributed by atoms with Crippen LogP contribution in [0.5, 0.6) is 0 Å². The molecule has 0 rings (SSSR count). The highest BCUT2D eigenvalue weighted by Crippen LogP contribution is 2.07. The Morgan fingerprint density at radius 1 is 0.895 bits per heavy atom. The second kappa shape index (κ2) is 14.5. The monoisotopic (exact) mass is 291 g/mol. The molecule has 19 heavy (non-hydrogen) atoms. The van der Waals surface area contributed by atoms with E-state index in [0.717, 1.165) is 64.9 Å². The van der Waals surface area contributed by atoms with Crippen LogP contribution in [0.15, 0.2) is 0 Å². The molecule has 0 aliphatic carbocycles. The van der Waals surface area contributed by atoms with Crippen LogP contribution < -0.4 is 5.73 Å². The fourth-order valence-corrected chi connectivity index (χ4v) is 2.92. The molecular formula is C14H33NO3Si. The molecule has 0 aliphatic rings. The summed E-state index contributed by atoms with van der Waals surface area (Å²) in [4.78, 5) is 0. The molecule has 0 aromatic rings. The van der Waals surface area contributed by atoms with Gasteiger partial charge in [-0.25, -0.2) is 0 Å². The highest BCUT2D eigenvalue weighted by Gasteiger charge is 2.15. The van der Waals surface area contributed by atoms with Gasteiger partial charge in [-0.05, 0) is 38.1 Å². The maximum absolute atomic E-state index is 5.81. The molecule has 0 bridgehead atoms. The summed E-state index contributed by atoms with van der Waals surface area (Å²) in [6, 6.07) is 0. The Morgan fingerprint density at radius 3 is 1.89 bits per heavy atom. The summed E-state index contributed by atoms with van der Waals surface area (Å²) in [6.07, 6.45) is 6.53. The van der Waals surface area contributed by atoms with Gasteiger partial charge >= 0.3 is 9.53 Å². The summed E-state index contributed by atoms with van der Waals surface area (Å²) in [5.74, 6) is 0.617. The van der Waals surface area contributed by atoms with Gasteiger partial charge in [0.1, 0.15) is 0 Å². The molecule has 0 aromatic carbocycles. The van der Waals surface area contributed by atoms with E-state index < -0.39 is 9.53 Å². The Balaban J connectivity index is 3.75. The Morgan fingerprint density at radius 2 is 1.42 bits per heavy atom. The largest absolute Gasteiger partial charge is 0.484 e. The lowest BCUT2D eigenvalue weighted by molar-refractivity contribution is 0.0866. The van der Waals surface area contributed by atoms with Crippen LogP contribution in [-0.4, -0.2) is 35.9 Å². The Hall–Kier alpha value is 0.0569. The van der Waals surface area contributed by atoms with E-state index >= 15 is 0 Å². The first-order valence-electron chi connectivity index (χ1n) is 7.79. The van der Waals surface area contributed by atoms with Crippen molar-refractivity contribution in [1.82, 2.24) is 0 Å². The van der Waals surface area contributed by atoms with Crippen molar-refractivity contribution in [3.63, 3.8) is 0 Å². The summed E-state index contributed by atoms with van der Waals surface area (Å²) in [6.45, 7) is 9.54. The first-order chi connectivity index (χ1) is 9.24. The summed E-state index contributed by atoms with van der Waals surface area (Å²) in [5.41, 5.74) is 5.54. The highest BCUT2D eigenvalue weighted by atomic mass is 28.3. The van der Waals surface area contributed by atoms with Crippen molar-refractivity contribution in [2.24, 2.45) is 11.7 Å². The molecule has 1 unspecified atom stereocenters. The van der Waals surface area contributed by atoms with Crippen molar-refractivity contribution in [2.45, 2.75) is 59.3 Å². The summed E-state index contributed by atoms with van der Waals surface area (Å²) >= 11 is 0. The molecule has 0 saturated carbocycles. The first-order valence-corrected chi connectivity index (χ1v) is 9.20. The lowest BCUT2D eigenvalue weighted by Crippen LogP contribution is -2.29. The minimum atomic E-state index is -1.91. The number of nitrogens with two attached hydrogens (primary N) is 1. The van der Waals surface area contributed by atoms with Crippen molar-refractivity contribution in [3.05, 3.63) is 0 Å². The van der Waals surface area contributed by atoms with Crippen LogP contribution in [0.1, 0.15) is 59.3 Å². The van der Waals surface area contributed by atoms with Crippen molar-refractivity contribution in [1.29, 1.82) is 0 Å². The van der Waals surface area contributed by atoms with Gasteiger partial charge in [0.05, 0.1) is 0 Å². The van der Waals surface area contributed by atoms with Gasteiger partial charge in [-0.1, -0.05) is 33.6 Å². The zero-order valence-electron chi connectivity index (χ0n) is 13.0. The predicted molar refractivity (Wildman–Crippen MR) is 82.3 cm³/mol. The fourth-order valence-electron chi connectivity index (χ4n) is 1.59. The number of unbranched alkanes of at least 4 members (excludes halogenated alkanes) is 2. The Kier molecular flexibility index (Phi) is 14.5. The minimum Gasteiger partial charge on any atom is -0.376 e. The molecule has 4 nitrogen and oxygen atoms in total. The molecule has 0 saturated heterocycles. The van der Waals surface area contributed by atoms with Crippen LogP contribution in [0.4, 0.5) is 0 Å². The summed E-state index contributed by atoms with van der Waals surface area (Å²) in [5, 5.41) is 0. The topological polar surface area (TPSA) is 53.7 Å². The molecule has 116 valence electrons. The molecule has 5 heteroatoms. The minimum absolute atomic E-state index is 0.617. The average molecular weight is 292 g/mol. The van der Waals surface area contributed by atoms with Crippen molar-refractivity contribution in [2.75, 3.05) is 26.4 Å². The van der Waals surface area contributed by atoms with Crippen LogP contribution in [-0.2, 0) is 13.3 Å². The zero-order chi connectivity index (χ0) is 14.3. The van der Waals surface area contributed by atoms with E-state index in [1.165, 1.54) is 0 Å². The summed E-state index contributed by atoms with van der Waals surface area (Å²) in [7, 11) is -1.91. The van der Waals surface area contributed by atoms with Crippen LogP contribution >= 0.6 is 0 Å². The van der Waals surface area contributed by atoms with Gasteiger partial charge in [-0.2, -0.15) is 0 Å². The van der Waals surface area contributed by atoms with Gasteiger partial charge in [0, 0.05) is 19.8 Å². The standard InChI is InChI=1S/C14H33NO3Si/c1-4-6-11-16-19(17-12-7-5-2)18-13-9-14(3)8-10-15/h14,19H,4-13,15H2,1-3H3. The van der Waals surface area contributed by atoms with E-state index in [1.807, 2.05) is 0 Å². The second-order valence-corrected chi connectivity index (χ2v) is 6.66. The molecule has 2 N–H and O–H groups in total. The second-order valence-electron chi connectivity index (χ2n) is 5.08. The molecule has 0 aliphatic heterocycles. The summed E-state index contributed by atoms with van der Waals surface area (Å²) < 4.78 is 17.3. The average Bonchev–Trinajstić information content (AvgIpc) is 2.39. The third kappa shape index (κ3) is 12.8.